The number of ketones is 1. The third-order valence-corrected chi connectivity index (χ3v) is 5.83. The van der Waals surface area contributed by atoms with Crippen molar-refractivity contribution < 1.29 is 14.0 Å². The number of Topliss-reactive ketones (excluding diaryl/α,β-unsaturated/α-hetero) is 1. The number of rotatable bonds is 2. The second kappa shape index (κ2) is 6.16. The quantitative estimate of drug-likeness (QED) is 0.828. The van der Waals surface area contributed by atoms with E-state index in [1.54, 1.807) is 24.5 Å². The van der Waals surface area contributed by atoms with Gasteiger partial charge in [0.2, 0.25) is 0 Å². The molecule has 0 unspecified atom stereocenters. The number of hydrogen-bond donors (Lipinski definition) is 0. The van der Waals surface area contributed by atoms with Crippen LogP contribution in [-0.4, -0.2) is 28.1 Å². The van der Waals surface area contributed by atoms with Gasteiger partial charge in [0.25, 0.3) is 5.91 Å². The highest BCUT2D eigenvalue weighted by Gasteiger charge is 2.36. The molecule has 0 radical (unpaired) electrons. The maximum Gasteiger partial charge on any atom is 0.258 e. The molecule has 1 aliphatic heterocycles. The summed E-state index contributed by atoms with van der Waals surface area (Å²) < 4.78 is 5.76. The Hall–Kier alpha value is -1.95. The molecule has 24 heavy (non-hydrogen) atoms. The first-order chi connectivity index (χ1) is 11.7. The summed E-state index contributed by atoms with van der Waals surface area (Å²) in [5.74, 6) is 1.23. The Morgan fingerprint density at radius 3 is 3.00 bits per heavy atom. The smallest absolute Gasteiger partial charge is 0.258 e. The van der Waals surface area contributed by atoms with Crippen molar-refractivity contribution in [1.82, 2.24) is 9.88 Å². The number of aryl methyl sites for hydroxylation is 2. The van der Waals surface area contributed by atoms with Crippen LogP contribution in [0.15, 0.2) is 16.0 Å². The number of furan rings is 1. The number of likely N-dealkylation sites (tertiary alicyclic amines) is 1. The zero-order valence-corrected chi connectivity index (χ0v) is 14.5. The van der Waals surface area contributed by atoms with Crippen molar-refractivity contribution in [3.05, 3.63) is 39.2 Å². The van der Waals surface area contributed by atoms with Crippen molar-refractivity contribution in [2.24, 2.45) is 0 Å². The van der Waals surface area contributed by atoms with Crippen LogP contribution in [0.4, 0.5) is 0 Å². The zero-order chi connectivity index (χ0) is 16.7. The summed E-state index contributed by atoms with van der Waals surface area (Å²) in [6.45, 7) is 2.50. The monoisotopic (exact) mass is 344 g/mol. The molecule has 1 amide bonds. The highest BCUT2D eigenvalue weighted by Crippen LogP contribution is 2.36. The molecule has 1 saturated heterocycles. The van der Waals surface area contributed by atoms with Crippen molar-refractivity contribution in [1.29, 1.82) is 0 Å². The number of carbonyl (C=O) groups is 2. The Morgan fingerprint density at radius 2 is 2.21 bits per heavy atom. The third-order valence-electron chi connectivity index (χ3n) is 4.96. The average Bonchev–Trinajstić information content (AvgIpc) is 3.22. The Bertz CT molecular complexity index is 779. The Labute approximate surface area is 144 Å². The third kappa shape index (κ3) is 2.49. The maximum atomic E-state index is 13.3. The van der Waals surface area contributed by atoms with Crippen molar-refractivity contribution in [2.75, 3.05) is 6.54 Å². The average molecular weight is 344 g/mol. The zero-order valence-electron chi connectivity index (χ0n) is 13.7. The van der Waals surface area contributed by atoms with Gasteiger partial charge in [0.1, 0.15) is 16.5 Å². The van der Waals surface area contributed by atoms with Gasteiger partial charge < -0.3 is 9.32 Å². The minimum atomic E-state index is -0.0762. The second-order valence-corrected chi connectivity index (χ2v) is 7.41. The first-order valence-corrected chi connectivity index (χ1v) is 9.40. The SMILES string of the molecule is Cc1oc2c(c1C(=O)N1CCCC[C@@H]1c1nccs1)C(=O)CCC2. The highest BCUT2D eigenvalue weighted by atomic mass is 32.1. The van der Waals surface area contributed by atoms with Gasteiger partial charge in [0.15, 0.2) is 5.78 Å². The van der Waals surface area contributed by atoms with Crippen LogP contribution in [0.3, 0.4) is 0 Å². The van der Waals surface area contributed by atoms with Gasteiger partial charge in [0, 0.05) is 31.0 Å². The Kier molecular flexibility index (Phi) is 4.00. The van der Waals surface area contributed by atoms with E-state index in [1.807, 2.05) is 10.3 Å². The number of fused-ring (bicyclic) bond motifs is 1. The molecule has 126 valence electrons. The minimum absolute atomic E-state index is 0.00916. The number of piperidine rings is 1. The summed E-state index contributed by atoms with van der Waals surface area (Å²) in [7, 11) is 0. The molecular formula is C18H20N2O3S. The van der Waals surface area contributed by atoms with Crippen LogP contribution in [0.1, 0.15) is 75.4 Å². The fraction of sp³-hybridized carbons (Fsp3) is 0.500. The number of amides is 1. The summed E-state index contributed by atoms with van der Waals surface area (Å²) in [6, 6.07) is 0.00916. The maximum absolute atomic E-state index is 13.3. The van der Waals surface area contributed by atoms with Crippen LogP contribution in [-0.2, 0) is 6.42 Å². The van der Waals surface area contributed by atoms with Gasteiger partial charge in [-0.15, -0.1) is 11.3 Å². The second-order valence-electron chi connectivity index (χ2n) is 6.49. The molecule has 5 nitrogen and oxygen atoms in total. The normalized spacial score (nSPS) is 21.0. The van der Waals surface area contributed by atoms with Crippen LogP contribution in [0.5, 0.6) is 0 Å². The van der Waals surface area contributed by atoms with Crippen LogP contribution in [0.25, 0.3) is 0 Å². The van der Waals surface area contributed by atoms with E-state index < -0.39 is 0 Å². The van der Waals surface area contributed by atoms with Gasteiger partial charge in [0.05, 0.1) is 17.2 Å². The van der Waals surface area contributed by atoms with Crippen LogP contribution >= 0.6 is 11.3 Å². The van der Waals surface area contributed by atoms with Crippen LogP contribution < -0.4 is 0 Å². The largest absolute Gasteiger partial charge is 0.465 e. The van der Waals surface area contributed by atoms with Crippen molar-refractivity contribution in [3.63, 3.8) is 0 Å². The summed E-state index contributed by atoms with van der Waals surface area (Å²) in [6.07, 6.45) is 6.83. The van der Waals surface area contributed by atoms with Crippen LogP contribution in [0, 0.1) is 6.92 Å². The summed E-state index contributed by atoms with van der Waals surface area (Å²) in [5, 5.41) is 2.92. The van der Waals surface area contributed by atoms with Gasteiger partial charge in [-0.25, -0.2) is 4.98 Å². The van der Waals surface area contributed by atoms with E-state index >= 15 is 0 Å². The van der Waals surface area contributed by atoms with E-state index in [1.165, 1.54) is 0 Å². The molecule has 2 aromatic heterocycles. The molecule has 1 atom stereocenters. The number of carbonyl (C=O) groups excluding carboxylic acids is 2. The molecule has 2 aromatic rings. The van der Waals surface area contributed by atoms with Crippen molar-refractivity contribution in [3.8, 4) is 0 Å². The number of aromatic nitrogens is 1. The lowest BCUT2D eigenvalue weighted by atomic mass is 9.92. The summed E-state index contributed by atoms with van der Waals surface area (Å²) in [5.41, 5.74) is 1.02. The number of thiazole rings is 1. The van der Waals surface area contributed by atoms with Crippen molar-refractivity contribution in [2.45, 2.75) is 51.5 Å². The molecule has 0 N–H and O–H groups in total. The van der Waals surface area contributed by atoms with E-state index in [4.69, 9.17) is 4.42 Å². The molecule has 0 saturated carbocycles. The van der Waals surface area contributed by atoms with E-state index in [0.717, 1.165) is 37.1 Å². The van der Waals surface area contributed by atoms with Gasteiger partial charge in [-0.3, -0.25) is 9.59 Å². The molecule has 3 heterocycles. The predicted molar refractivity (Wildman–Crippen MR) is 90.5 cm³/mol. The van der Waals surface area contributed by atoms with Gasteiger partial charge >= 0.3 is 0 Å². The lowest BCUT2D eigenvalue weighted by Crippen LogP contribution is -2.39. The molecule has 0 aromatic carbocycles. The molecule has 1 fully saturated rings. The number of hydrogen-bond acceptors (Lipinski definition) is 5. The topological polar surface area (TPSA) is 63.4 Å². The van der Waals surface area contributed by atoms with Crippen LogP contribution in [0.2, 0.25) is 0 Å². The first kappa shape index (κ1) is 15.6. The van der Waals surface area contributed by atoms with Gasteiger partial charge in [-0.2, -0.15) is 0 Å². The van der Waals surface area contributed by atoms with E-state index in [0.29, 0.717) is 35.6 Å². The lowest BCUT2D eigenvalue weighted by molar-refractivity contribution is 0.0606. The molecule has 0 bridgehead atoms. The Morgan fingerprint density at radius 1 is 1.33 bits per heavy atom. The fourth-order valence-electron chi connectivity index (χ4n) is 3.84. The van der Waals surface area contributed by atoms with Gasteiger partial charge in [-0.1, -0.05) is 0 Å². The molecule has 2 aliphatic rings. The minimum Gasteiger partial charge on any atom is -0.465 e. The molecule has 0 spiro atoms. The highest BCUT2D eigenvalue weighted by molar-refractivity contribution is 7.09. The predicted octanol–water partition coefficient (Wildman–Crippen LogP) is 3.93. The molecular weight excluding hydrogens is 324 g/mol. The van der Waals surface area contributed by atoms with E-state index in [2.05, 4.69) is 4.98 Å². The first-order valence-electron chi connectivity index (χ1n) is 8.52. The van der Waals surface area contributed by atoms with E-state index in [9.17, 15) is 9.59 Å². The van der Waals surface area contributed by atoms with Crippen molar-refractivity contribution >= 4 is 23.0 Å². The molecule has 1 aliphatic carbocycles. The number of nitrogens with zero attached hydrogens (tertiary/aromatic N) is 2. The molecule has 4 rings (SSSR count). The van der Waals surface area contributed by atoms with E-state index in [-0.39, 0.29) is 17.7 Å². The summed E-state index contributed by atoms with van der Waals surface area (Å²) in [4.78, 5) is 32.0. The summed E-state index contributed by atoms with van der Waals surface area (Å²) >= 11 is 1.59. The van der Waals surface area contributed by atoms with Gasteiger partial charge in [-0.05, 0) is 32.6 Å². The standard InChI is InChI=1S/C18H20N2O3S/c1-11-15(16-13(21)6-4-7-14(16)23-11)18(22)20-9-3-2-5-12(20)17-19-8-10-24-17/h8,10,12H,2-7,9H2,1H3/t12-/m1/s1. The Balaban J connectivity index is 1.73. The molecule has 6 heteroatoms. The lowest BCUT2D eigenvalue weighted by Gasteiger charge is -2.34. The fourth-order valence-corrected chi connectivity index (χ4v) is 4.62.